The van der Waals surface area contributed by atoms with Gasteiger partial charge in [-0.15, -0.1) is 0 Å². The highest BCUT2D eigenvalue weighted by molar-refractivity contribution is 5.95. The maximum absolute atomic E-state index is 12.6. The number of hydrogen-bond acceptors (Lipinski definition) is 5. The maximum atomic E-state index is 12.6. The van der Waals surface area contributed by atoms with Crippen molar-refractivity contribution in [2.24, 2.45) is 0 Å². The van der Waals surface area contributed by atoms with Crippen LogP contribution in [0.2, 0.25) is 0 Å². The molecular formula is C20H22N2O5. The third-order valence-electron chi connectivity index (χ3n) is 4.78. The molecule has 3 rings (SSSR count). The summed E-state index contributed by atoms with van der Waals surface area (Å²) in [4.78, 5) is 24.8. The van der Waals surface area contributed by atoms with E-state index in [1.807, 2.05) is 18.2 Å². The zero-order valence-electron chi connectivity index (χ0n) is 15.4. The summed E-state index contributed by atoms with van der Waals surface area (Å²) in [5, 5.41) is 11.0. The molecule has 0 aromatic heterocycles. The van der Waals surface area contributed by atoms with Crippen molar-refractivity contribution < 1.29 is 19.2 Å². The van der Waals surface area contributed by atoms with Crippen LogP contribution in [-0.2, 0) is 17.6 Å². The van der Waals surface area contributed by atoms with E-state index in [2.05, 4.69) is 0 Å². The maximum Gasteiger partial charge on any atom is 0.271 e. The lowest BCUT2D eigenvalue weighted by atomic mass is 10.1. The fraction of sp³-hybridized carbons (Fsp3) is 0.350. The number of ether oxygens (including phenoxy) is 2. The van der Waals surface area contributed by atoms with E-state index in [9.17, 15) is 14.9 Å². The van der Waals surface area contributed by atoms with Gasteiger partial charge in [-0.1, -0.05) is 12.1 Å². The standard InChI is InChI=1S/C20H22N2O5/c1-26-18-9-6-14(12-19(18)27-2)4-3-5-20(23)21-11-10-15-7-8-16(22(24)25)13-17(15)21/h6-9,12-13H,3-5,10-11H2,1-2H3. The molecule has 0 saturated carbocycles. The predicted octanol–water partition coefficient (Wildman–Crippen LogP) is 3.52. The molecule has 2 aromatic carbocycles. The SMILES string of the molecule is COc1ccc(CCCC(=O)N2CCc3ccc([N+](=O)[O-])cc32)cc1OC. The number of carbonyl (C=O) groups excluding carboxylic acids is 1. The molecule has 0 atom stereocenters. The average molecular weight is 370 g/mol. The number of nitro benzene ring substituents is 1. The van der Waals surface area contributed by atoms with Crippen LogP contribution in [0.1, 0.15) is 24.0 Å². The first-order valence-electron chi connectivity index (χ1n) is 8.82. The normalized spacial score (nSPS) is 12.6. The summed E-state index contributed by atoms with van der Waals surface area (Å²) in [5.74, 6) is 1.34. The van der Waals surface area contributed by atoms with Gasteiger partial charge in [0.2, 0.25) is 5.91 Å². The largest absolute Gasteiger partial charge is 0.493 e. The van der Waals surface area contributed by atoms with E-state index in [-0.39, 0.29) is 11.6 Å². The van der Waals surface area contributed by atoms with Gasteiger partial charge in [0.15, 0.2) is 11.5 Å². The number of hydrogen-bond donors (Lipinski definition) is 0. The Morgan fingerprint density at radius 2 is 1.93 bits per heavy atom. The van der Waals surface area contributed by atoms with E-state index >= 15 is 0 Å². The van der Waals surface area contributed by atoms with E-state index in [4.69, 9.17) is 9.47 Å². The molecule has 1 aliphatic rings. The number of benzene rings is 2. The first kappa shape index (κ1) is 18.7. The first-order chi connectivity index (χ1) is 13.0. The van der Waals surface area contributed by atoms with E-state index < -0.39 is 4.92 Å². The second-order valence-corrected chi connectivity index (χ2v) is 6.41. The van der Waals surface area contributed by atoms with Crippen LogP contribution in [0.5, 0.6) is 11.5 Å². The minimum absolute atomic E-state index is 0.00488. The molecule has 2 aromatic rings. The molecule has 142 valence electrons. The van der Waals surface area contributed by atoms with Crippen LogP contribution < -0.4 is 14.4 Å². The highest BCUT2D eigenvalue weighted by Gasteiger charge is 2.26. The van der Waals surface area contributed by atoms with Crippen LogP contribution >= 0.6 is 0 Å². The van der Waals surface area contributed by atoms with Crippen molar-refractivity contribution in [2.75, 3.05) is 25.7 Å². The summed E-state index contributed by atoms with van der Waals surface area (Å²) in [6.07, 6.45) is 2.54. The number of anilines is 1. The van der Waals surface area contributed by atoms with Gasteiger partial charge in [-0.3, -0.25) is 14.9 Å². The predicted molar refractivity (Wildman–Crippen MR) is 102 cm³/mol. The molecule has 1 amide bonds. The number of nitro groups is 1. The zero-order chi connectivity index (χ0) is 19.4. The molecule has 0 fully saturated rings. The third-order valence-corrected chi connectivity index (χ3v) is 4.78. The molecule has 1 heterocycles. The molecule has 0 N–H and O–H groups in total. The number of non-ortho nitro benzene ring substituents is 1. The number of aryl methyl sites for hydroxylation is 1. The van der Waals surface area contributed by atoms with E-state index in [1.54, 1.807) is 25.2 Å². The fourth-order valence-electron chi connectivity index (χ4n) is 3.36. The van der Waals surface area contributed by atoms with Crippen molar-refractivity contribution in [1.29, 1.82) is 0 Å². The molecule has 27 heavy (non-hydrogen) atoms. The molecule has 7 nitrogen and oxygen atoms in total. The summed E-state index contributed by atoms with van der Waals surface area (Å²) in [5.41, 5.74) is 2.73. The molecule has 0 saturated heterocycles. The highest BCUT2D eigenvalue weighted by Crippen LogP contribution is 2.32. The van der Waals surface area contributed by atoms with E-state index in [0.29, 0.717) is 36.6 Å². The Kier molecular flexibility index (Phi) is 5.59. The Labute approximate surface area is 157 Å². The lowest BCUT2D eigenvalue weighted by Gasteiger charge is -2.17. The molecule has 0 unspecified atom stereocenters. The Morgan fingerprint density at radius 3 is 2.63 bits per heavy atom. The van der Waals surface area contributed by atoms with Crippen LogP contribution in [0.15, 0.2) is 36.4 Å². The molecule has 0 aliphatic carbocycles. The van der Waals surface area contributed by atoms with Gasteiger partial charge in [0.1, 0.15) is 0 Å². The van der Waals surface area contributed by atoms with Gasteiger partial charge in [0.05, 0.1) is 24.8 Å². The summed E-state index contributed by atoms with van der Waals surface area (Å²) < 4.78 is 10.5. The molecule has 7 heteroatoms. The number of amides is 1. The summed E-state index contributed by atoms with van der Waals surface area (Å²) in [6.45, 7) is 0.575. The van der Waals surface area contributed by atoms with Crippen LogP contribution in [0.4, 0.5) is 11.4 Å². The highest BCUT2D eigenvalue weighted by atomic mass is 16.6. The Morgan fingerprint density at radius 1 is 1.15 bits per heavy atom. The zero-order valence-corrected chi connectivity index (χ0v) is 15.4. The van der Waals surface area contributed by atoms with Crippen molar-refractivity contribution in [2.45, 2.75) is 25.7 Å². The molecular weight excluding hydrogens is 348 g/mol. The summed E-state index contributed by atoms with van der Waals surface area (Å²) in [7, 11) is 3.18. The minimum atomic E-state index is -0.432. The Balaban J connectivity index is 1.61. The van der Waals surface area contributed by atoms with Gasteiger partial charge in [0, 0.05) is 25.1 Å². The second kappa shape index (κ2) is 8.07. The van der Waals surface area contributed by atoms with Gasteiger partial charge in [-0.2, -0.15) is 0 Å². The van der Waals surface area contributed by atoms with Crippen molar-refractivity contribution in [3.05, 3.63) is 57.6 Å². The average Bonchev–Trinajstić information content (AvgIpc) is 3.11. The van der Waals surface area contributed by atoms with Crippen LogP contribution in [0.3, 0.4) is 0 Å². The number of methoxy groups -OCH3 is 2. The van der Waals surface area contributed by atoms with Crippen LogP contribution in [0.25, 0.3) is 0 Å². The van der Waals surface area contributed by atoms with Crippen molar-refractivity contribution >= 4 is 17.3 Å². The summed E-state index contributed by atoms with van der Waals surface area (Å²) in [6, 6.07) is 10.5. The first-order valence-corrected chi connectivity index (χ1v) is 8.82. The summed E-state index contributed by atoms with van der Waals surface area (Å²) >= 11 is 0. The van der Waals surface area contributed by atoms with E-state index in [0.717, 1.165) is 24.0 Å². The van der Waals surface area contributed by atoms with Crippen molar-refractivity contribution in [3.8, 4) is 11.5 Å². The minimum Gasteiger partial charge on any atom is -0.493 e. The lowest BCUT2D eigenvalue weighted by molar-refractivity contribution is -0.384. The Hall–Kier alpha value is -3.09. The fourth-order valence-corrected chi connectivity index (χ4v) is 3.36. The van der Waals surface area contributed by atoms with E-state index in [1.165, 1.54) is 12.1 Å². The number of nitrogens with zero attached hydrogens (tertiary/aromatic N) is 2. The van der Waals surface area contributed by atoms with Crippen LogP contribution in [-0.4, -0.2) is 31.6 Å². The number of fused-ring (bicyclic) bond motifs is 1. The smallest absolute Gasteiger partial charge is 0.271 e. The van der Waals surface area contributed by atoms with Crippen molar-refractivity contribution in [3.63, 3.8) is 0 Å². The third kappa shape index (κ3) is 4.02. The van der Waals surface area contributed by atoms with Crippen LogP contribution in [0, 0.1) is 10.1 Å². The quantitative estimate of drug-likeness (QED) is 0.550. The number of carbonyl (C=O) groups is 1. The molecule has 0 radical (unpaired) electrons. The molecule has 1 aliphatic heterocycles. The second-order valence-electron chi connectivity index (χ2n) is 6.41. The van der Waals surface area contributed by atoms with Gasteiger partial charge in [-0.25, -0.2) is 0 Å². The Bertz CT molecular complexity index is 865. The van der Waals surface area contributed by atoms with Gasteiger partial charge in [-0.05, 0) is 42.5 Å². The topological polar surface area (TPSA) is 81.9 Å². The van der Waals surface area contributed by atoms with Gasteiger partial charge in [0.25, 0.3) is 5.69 Å². The monoisotopic (exact) mass is 370 g/mol. The molecule has 0 bridgehead atoms. The van der Waals surface area contributed by atoms with Gasteiger partial charge >= 0.3 is 0 Å². The van der Waals surface area contributed by atoms with Gasteiger partial charge < -0.3 is 14.4 Å². The lowest BCUT2D eigenvalue weighted by Crippen LogP contribution is -2.28. The number of rotatable bonds is 7. The van der Waals surface area contributed by atoms with Crippen molar-refractivity contribution in [1.82, 2.24) is 0 Å². The molecule has 0 spiro atoms.